The number of rotatable bonds is 6. The zero-order valence-electron chi connectivity index (χ0n) is 18.8. The number of amides is 1. The van der Waals surface area contributed by atoms with Crippen molar-refractivity contribution in [3.8, 4) is 0 Å². The lowest BCUT2D eigenvalue weighted by Gasteiger charge is -2.44. The number of fused-ring (bicyclic) bond motifs is 1. The second-order valence-electron chi connectivity index (χ2n) is 8.47. The van der Waals surface area contributed by atoms with Gasteiger partial charge in [0.2, 0.25) is 5.72 Å². The number of nitrogens with zero attached hydrogens (tertiary/aromatic N) is 2. The van der Waals surface area contributed by atoms with Crippen molar-refractivity contribution < 1.29 is 28.9 Å². The molecule has 2 N–H and O–H groups in total. The van der Waals surface area contributed by atoms with Crippen LogP contribution in [0.3, 0.4) is 0 Å². The molecule has 2 saturated heterocycles. The number of carbonyl (C=O) groups is 2. The number of nitrogens with one attached hydrogen (secondary N) is 1. The smallest absolute Gasteiger partial charge is 0.352 e. The van der Waals surface area contributed by atoms with Crippen LogP contribution >= 0.6 is 0 Å². The highest BCUT2D eigenvalue weighted by Crippen LogP contribution is 2.44. The van der Waals surface area contributed by atoms with Crippen LogP contribution < -0.4 is 11.0 Å². The minimum Gasteiger partial charge on any atom is -0.459 e. The fourth-order valence-corrected chi connectivity index (χ4v) is 4.18. The van der Waals surface area contributed by atoms with Crippen molar-refractivity contribution in [1.82, 2.24) is 9.55 Å². The molecule has 3 heterocycles. The molecule has 0 aliphatic carbocycles. The number of aliphatic hydroxyl groups is 1. The van der Waals surface area contributed by atoms with Gasteiger partial charge in [-0.2, -0.15) is 4.98 Å². The molecule has 2 aliphatic heterocycles. The third-order valence-corrected chi connectivity index (χ3v) is 6.12. The third kappa shape index (κ3) is 4.23. The van der Waals surface area contributed by atoms with Gasteiger partial charge in [0.05, 0.1) is 12.2 Å². The Bertz CT molecular complexity index is 1310. The Hall–Kier alpha value is -3.86. The minimum absolute atomic E-state index is 0.00838. The number of aliphatic hydroxyl groups excluding tert-OH is 1. The Balaban J connectivity index is 1.28. The molecule has 3 aromatic rings. The van der Waals surface area contributed by atoms with E-state index in [9.17, 15) is 19.5 Å². The van der Waals surface area contributed by atoms with Crippen molar-refractivity contribution in [2.75, 3.05) is 18.5 Å². The number of ether oxygens (including phenoxy) is 3. The summed E-state index contributed by atoms with van der Waals surface area (Å²) in [4.78, 5) is 41.4. The number of aromatic nitrogens is 2. The predicted molar refractivity (Wildman–Crippen MR) is 123 cm³/mol. The molecule has 10 heteroatoms. The number of benzene rings is 2. The van der Waals surface area contributed by atoms with Crippen molar-refractivity contribution in [2.45, 2.75) is 31.0 Å². The van der Waals surface area contributed by atoms with E-state index >= 15 is 0 Å². The number of esters is 1. The van der Waals surface area contributed by atoms with E-state index in [-0.39, 0.29) is 19.0 Å². The SMILES string of the molecule is Cc1ccc(C(=O)OC[C@H]2O[C@]3(n4ccc(NC(=O)c5ccccc5)nc4=O)CO[C@@H]3[C@@H]2O)cc1. The van der Waals surface area contributed by atoms with E-state index in [1.54, 1.807) is 54.6 Å². The van der Waals surface area contributed by atoms with Gasteiger partial charge in [-0.15, -0.1) is 0 Å². The highest BCUT2D eigenvalue weighted by Gasteiger charge is 2.64. The summed E-state index contributed by atoms with van der Waals surface area (Å²) in [6.07, 6.45) is -1.44. The molecule has 1 amide bonds. The summed E-state index contributed by atoms with van der Waals surface area (Å²) < 4.78 is 18.1. The number of carbonyl (C=O) groups excluding carboxylic acids is 2. The molecule has 2 fully saturated rings. The number of aryl methyl sites for hydroxylation is 1. The van der Waals surface area contributed by atoms with E-state index in [4.69, 9.17) is 14.2 Å². The van der Waals surface area contributed by atoms with Crippen molar-refractivity contribution in [2.24, 2.45) is 0 Å². The van der Waals surface area contributed by atoms with E-state index in [1.165, 1.54) is 16.8 Å². The summed E-state index contributed by atoms with van der Waals surface area (Å²) in [6, 6.07) is 16.9. The van der Waals surface area contributed by atoms with Crippen LogP contribution in [-0.2, 0) is 19.9 Å². The van der Waals surface area contributed by atoms with Gasteiger partial charge in [-0.1, -0.05) is 35.9 Å². The van der Waals surface area contributed by atoms with Crippen molar-refractivity contribution in [3.63, 3.8) is 0 Å². The van der Waals surface area contributed by atoms with Gasteiger partial charge < -0.3 is 24.6 Å². The average molecular weight is 477 g/mol. The third-order valence-electron chi connectivity index (χ3n) is 6.12. The molecule has 0 saturated carbocycles. The maximum Gasteiger partial charge on any atom is 0.352 e. The zero-order valence-corrected chi connectivity index (χ0v) is 18.8. The van der Waals surface area contributed by atoms with E-state index in [2.05, 4.69) is 10.3 Å². The molecule has 10 nitrogen and oxygen atoms in total. The molecule has 35 heavy (non-hydrogen) atoms. The van der Waals surface area contributed by atoms with Gasteiger partial charge >= 0.3 is 11.7 Å². The Labute approximate surface area is 200 Å². The predicted octanol–water partition coefficient (Wildman–Crippen LogP) is 1.47. The Morgan fingerprint density at radius 1 is 1.14 bits per heavy atom. The van der Waals surface area contributed by atoms with Crippen LogP contribution in [0.4, 0.5) is 5.82 Å². The lowest BCUT2D eigenvalue weighted by Crippen LogP contribution is -2.62. The zero-order chi connectivity index (χ0) is 24.6. The van der Waals surface area contributed by atoms with Crippen molar-refractivity contribution in [3.05, 3.63) is 94.0 Å². The van der Waals surface area contributed by atoms with Gasteiger partial charge in [-0.05, 0) is 37.3 Å². The minimum atomic E-state index is -1.29. The van der Waals surface area contributed by atoms with E-state index < -0.39 is 41.6 Å². The maximum atomic E-state index is 12.8. The van der Waals surface area contributed by atoms with E-state index in [0.717, 1.165) is 5.56 Å². The number of hydrogen-bond acceptors (Lipinski definition) is 8. The first-order valence-electron chi connectivity index (χ1n) is 11.1. The first-order chi connectivity index (χ1) is 16.9. The first-order valence-corrected chi connectivity index (χ1v) is 11.1. The van der Waals surface area contributed by atoms with Crippen molar-refractivity contribution in [1.29, 1.82) is 0 Å². The quantitative estimate of drug-likeness (QED) is 0.511. The topological polar surface area (TPSA) is 129 Å². The summed E-state index contributed by atoms with van der Waals surface area (Å²) in [7, 11) is 0. The second-order valence-corrected chi connectivity index (χ2v) is 8.47. The Kier molecular flexibility index (Phi) is 5.93. The second kappa shape index (κ2) is 9.06. The molecular formula is C25H23N3O7. The Morgan fingerprint density at radius 3 is 2.54 bits per heavy atom. The summed E-state index contributed by atoms with van der Waals surface area (Å²) in [5, 5.41) is 13.3. The molecule has 4 atom stereocenters. The van der Waals surface area contributed by atoms with Crippen LogP contribution in [0.1, 0.15) is 26.3 Å². The van der Waals surface area contributed by atoms with Crippen LogP contribution in [0, 0.1) is 6.92 Å². The molecule has 0 spiro atoms. The molecule has 0 radical (unpaired) electrons. The standard InChI is InChI=1S/C25H23N3O7/c1-15-7-9-17(10-8-15)23(31)33-13-18-20(29)21-25(35-18,14-34-21)28-12-11-19(27-24(28)32)26-22(30)16-5-3-2-4-6-16/h2-12,18,20-21,29H,13-14H2,1H3,(H,26,27,30,32)/t18-,20-,21-,25-/m1/s1. The van der Waals surface area contributed by atoms with Crippen LogP contribution in [0.25, 0.3) is 0 Å². The fourth-order valence-electron chi connectivity index (χ4n) is 4.18. The molecule has 0 bridgehead atoms. The summed E-state index contributed by atoms with van der Waals surface area (Å²) in [5.41, 5.74) is -0.155. The monoisotopic (exact) mass is 477 g/mol. The summed E-state index contributed by atoms with van der Waals surface area (Å²) >= 11 is 0. The molecule has 5 rings (SSSR count). The van der Waals surface area contributed by atoms with Crippen LogP contribution in [0.15, 0.2) is 71.7 Å². The lowest BCUT2D eigenvalue weighted by atomic mass is 9.98. The van der Waals surface area contributed by atoms with Crippen LogP contribution in [0.5, 0.6) is 0 Å². The summed E-state index contributed by atoms with van der Waals surface area (Å²) in [6.45, 7) is 1.70. The molecular weight excluding hydrogens is 454 g/mol. The van der Waals surface area contributed by atoms with Crippen molar-refractivity contribution >= 4 is 17.7 Å². The number of hydrogen-bond donors (Lipinski definition) is 2. The van der Waals surface area contributed by atoms with Gasteiger partial charge in [-0.25, -0.2) is 9.59 Å². The van der Waals surface area contributed by atoms with Crippen LogP contribution in [0.2, 0.25) is 0 Å². The molecule has 2 aromatic carbocycles. The van der Waals surface area contributed by atoms with Crippen LogP contribution in [-0.4, -0.2) is 58.1 Å². The van der Waals surface area contributed by atoms with Gasteiger partial charge in [0, 0.05) is 11.8 Å². The highest BCUT2D eigenvalue weighted by molar-refractivity contribution is 6.03. The molecule has 180 valence electrons. The number of anilines is 1. The van der Waals surface area contributed by atoms with E-state index in [0.29, 0.717) is 11.1 Å². The molecule has 1 aromatic heterocycles. The largest absolute Gasteiger partial charge is 0.459 e. The van der Waals surface area contributed by atoms with Gasteiger partial charge in [0.1, 0.15) is 30.7 Å². The Morgan fingerprint density at radius 2 is 1.89 bits per heavy atom. The van der Waals surface area contributed by atoms with E-state index in [1.807, 2.05) is 6.92 Å². The fraction of sp³-hybridized carbons (Fsp3) is 0.280. The lowest BCUT2D eigenvalue weighted by molar-refractivity contribution is -0.278. The van der Waals surface area contributed by atoms with Gasteiger partial charge in [-0.3, -0.25) is 9.36 Å². The first kappa shape index (κ1) is 22.9. The normalized spacial score (nSPS) is 24.8. The molecule has 2 aliphatic rings. The molecule has 0 unspecified atom stereocenters. The summed E-state index contributed by atoms with van der Waals surface area (Å²) in [5.74, 6) is -0.871. The average Bonchev–Trinajstić information content (AvgIpc) is 3.03. The van der Waals surface area contributed by atoms with Gasteiger partial charge in [0.25, 0.3) is 5.91 Å². The van der Waals surface area contributed by atoms with Gasteiger partial charge in [0.15, 0.2) is 0 Å². The highest BCUT2D eigenvalue weighted by atomic mass is 16.7. The maximum absolute atomic E-state index is 12.8.